The zero-order chi connectivity index (χ0) is 14.4. The number of carbonyl (C=O) groups is 3. The molecule has 0 saturated carbocycles. The van der Waals surface area contributed by atoms with Gasteiger partial charge in [0.15, 0.2) is 0 Å². The molecule has 1 amide bonds. The Bertz CT molecular complexity index is 480. The standard InChI is InChI=1S/C13H15NO5/c1-8-3-5-10(6-4-8)14-12(16)7-11(13(17)18)19-9(2)15/h3-6,11H,7H2,1-2H3,(H,14,16)(H,17,18). The summed E-state index contributed by atoms with van der Waals surface area (Å²) in [5.74, 6) is -2.62. The van der Waals surface area contributed by atoms with Crippen LogP contribution < -0.4 is 5.32 Å². The highest BCUT2D eigenvalue weighted by molar-refractivity contribution is 5.94. The second-order valence-electron chi connectivity index (χ2n) is 4.05. The normalized spacial score (nSPS) is 11.5. The fourth-order valence-corrected chi connectivity index (χ4v) is 1.40. The minimum Gasteiger partial charge on any atom is -0.478 e. The van der Waals surface area contributed by atoms with Crippen molar-refractivity contribution in [3.8, 4) is 0 Å². The number of carboxylic acids is 1. The fraction of sp³-hybridized carbons (Fsp3) is 0.308. The van der Waals surface area contributed by atoms with Gasteiger partial charge in [-0.3, -0.25) is 9.59 Å². The summed E-state index contributed by atoms with van der Waals surface area (Å²) >= 11 is 0. The molecule has 0 aliphatic heterocycles. The van der Waals surface area contributed by atoms with Crippen molar-refractivity contribution in [2.75, 3.05) is 5.32 Å². The first kappa shape index (κ1) is 14.7. The van der Waals surface area contributed by atoms with Crippen LogP contribution in [-0.4, -0.2) is 29.1 Å². The molecule has 2 N–H and O–H groups in total. The molecule has 0 radical (unpaired) electrons. The number of benzene rings is 1. The maximum Gasteiger partial charge on any atom is 0.345 e. The van der Waals surface area contributed by atoms with Crippen LogP contribution in [0.5, 0.6) is 0 Å². The predicted octanol–water partition coefficient (Wildman–Crippen LogP) is 1.34. The van der Waals surface area contributed by atoms with Crippen LogP contribution in [0.4, 0.5) is 5.69 Å². The highest BCUT2D eigenvalue weighted by Crippen LogP contribution is 2.10. The minimum atomic E-state index is -1.47. The summed E-state index contributed by atoms with van der Waals surface area (Å²) in [5, 5.41) is 11.4. The van der Waals surface area contributed by atoms with Crippen LogP contribution in [0.25, 0.3) is 0 Å². The Morgan fingerprint density at radius 1 is 1.26 bits per heavy atom. The third-order valence-corrected chi connectivity index (χ3v) is 2.29. The predicted molar refractivity (Wildman–Crippen MR) is 67.6 cm³/mol. The number of amides is 1. The van der Waals surface area contributed by atoms with E-state index in [1.807, 2.05) is 19.1 Å². The van der Waals surface area contributed by atoms with Crippen molar-refractivity contribution < 1.29 is 24.2 Å². The zero-order valence-corrected chi connectivity index (χ0v) is 10.7. The molecule has 1 aromatic rings. The average Bonchev–Trinajstić information content (AvgIpc) is 2.30. The number of anilines is 1. The van der Waals surface area contributed by atoms with E-state index in [0.29, 0.717) is 5.69 Å². The Morgan fingerprint density at radius 3 is 2.32 bits per heavy atom. The van der Waals surface area contributed by atoms with Gasteiger partial charge in [-0.15, -0.1) is 0 Å². The Balaban J connectivity index is 2.59. The number of carbonyl (C=O) groups excluding carboxylic acids is 2. The number of hydrogen-bond donors (Lipinski definition) is 2. The average molecular weight is 265 g/mol. The molecule has 102 valence electrons. The first-order chi connectivity index (χ1) is 8.88. The topological polar surface area (TPSA) is 92.7 Å². The highest BCUT2D eigenvalue weighted by atomic mass is 16.6. The first-order valence-corrected chi connectivity index (χ1v) is 5.65. The number of rotatable bonds is 5. The van der Waals surface area contributed by atoms with Crippen molar-refractivity contribution in [3.05, 3.63) is 29.8 Å². The lowest BCUT2D eigenvalue weighted by molar-refractivity contribution is -0.163. The van der Waals surface area contributed by atoms with E-state index >= 15 is 0 Å². The third kappa shape index (κ3) is 5.20. The van der Waals surface area contributed by atoms with Crippen molar-refractivity contribution >= 4 is 23.5 Å². The Morgan fingerprint density at radius 2 is 1.84 bits per heavy atom. The molecular weight excluding hydrogens is 250 g/mol. The zero-order valence-electron chi connectivity index (χ0n) is 10.7. The molecule has 0 spiro atoms. The molecule has 0 heterocycles. The van der Waals surface area contributed by atoms with Crippen molar-refractivity contribution in [2.24, 2.45) is 0 Å². The van der Waals surface area contributed by atoms with Gasteiger partial charge in [0.2, 0.25) is 12.0 Å². The van der Waals surface area contributed by atoms with Gasteiger partial charge < -0.3 is 15.2 Å². The molecule has 0 bridgehead atoms. The number of ether oxygens (including phenoxy) is 1. The Kier molecular flexibility index (Phi) is 5.05. The van der Waals surface area contributed by atoms with Crippen LogP contribution >= 0.6 is 0 Å². The van der Waals surface area contributed by atoms with Gasteiger partial charge in [-0.25, -0.2) is 4.79 Å². The van der Waals surface area contributed by atoms with E-state index < -0.39 is 30.4 Å². The molecule has 0 saturated heterocycles. The van der Waals surface area contributed by atoms with Crippen LogP contribution in [0.1, 0.15) is 18.9 Å². The molecule has 1 atom stereocenters. The molecule has 6 nitrogen and oxygen atoms in total. The number of carboxylic acid groups (broad SMARTS) is 1. The van der Waals surface area contributed by atoms with Gasteiger partial charge in [0.25, 0.3) is 0 Å². The van der Waals surface area contributed by atoms with Gasteiger partial charge in [-0.2, -0.15) is 0 Å². The van der Waals surface area contributed by atoms with E-state index in [2.05, 4.69) is 10.1 Å². The van der Waals surface area contributed by atoms with Crippen molar-refractivity contribution in [1.82, 2.24) is 0 Å². The minimum absolute atomic E-state index is 0.428. The van der Waals surface area contributed by atoms with Gasteiger partial charge in [-0.05, 0) is 19.1 Å². The van der Waals surface area contributed by atoms with Gasteiger partial charge >= 0.3 is 11.9 Å². The Hall–Kier alpha value is -2.37. The number of hydrogen-bond acceptors (Lipinski definition) is 4. The van der Waals surface area contributed by atoms with Gasteiger partial charge in [-0.1, -0.05) is 17.7 Å². The fourth-order valence-electron chi connectivity index (χ4n) is 1.40. The quantitative estimate of drug-likeness (QED) is 0.784. The summed E-state index contributed by atoms with van der Waals surface area (Å²) in [4.78, 5) is 33.2. The molecule has 1 aromatic carbocycles. The largest absolute Gasteiger partial charge is 0.478 e. The van der Waals surface area contributed by atoms with Crippen LogP contribution in [0.2, 0.25) is 0 Å². The number of esters is 1. The van der Waals surface area contributed by atoms with Crippen molar-refractivity contribution in [2.45, 2.75) is 26.4 Å². The molecule has 0 aliphatic carbocycles. The molecular formula is C13H15NO5. The molecule has 1 rings (SSSR count). The Labute approximate surface area is 110 Å². The van der Waals surface area contributed by atoms with E-state index in [1.54, 1.807) is 12.1 Å². The monoisotopic (exact) mass is 265 g/mol. The van der Waals surface area contributed by atoms with E-state index in [1.165, 1.54) is 0 Å². The van der Waals surface area contributed by atoms with E-state index in [-0.39, 0.29) is 0 Å². The summed E-state index contributed by atoms with van der Waals surface area (Å²) in [7, 11) is 0. The van der Waals surface area contributed by atoms with Crippen LogP contribution in [0.15, 0.2) is 24.3 Å². The second kappa shape index (κ2) is 6.53. The number of aliphatic carboxylic acids is 1. The smallest absolute Gasteiger partial charge is 0.345 e. The lowest BCUT2D eigenvalue weighted by Crippen LogP contribution is -2.31. The number of nitrogens with one attached hydrogen (secondary N) is 1. The van der Waals surface area contributed by atoms with Crippen molar-refractivity contribution in [3.63, 3.8) is 0 Å². The van der Waals surface area contributed by atoms with Crippen LogP contribution in [0.3, 0.4) is 0 Å². The summed E-state index contributed by atoms with van der Waals surface area (Å²) in [6.07, 6.45) is -1.90. The van der Waals surface area contributed by atoms with E-state index in [9.17, 15) is 14.4 Å². The van der Waals surface area contributed by atoms with Gasteiger partial charge in [0.1, 0.15) is 0 Å². The molecule has 1 unspecified atom stereocenters. The first-order valence-electron chi connectivity index (χ1n) is 5.65. The maximum absolute atomic E-state index is 11.6. The highest BCUT2D eigenvalue weighted by Gasteiger charge is 2.24. The van der Waals surface area contributed by atoms with Crippen molar-refractivity contribution in [1.29, 1.82) is 0 Å². The lowest BCUT2D eigenvalue weighted by atomic mass is 10.2. The summed E-state index contributed by atoms with van der Waals surface area (Å²) in [5.41, 5.74) is 1.60. The summed E-state index contributed by atoms with van der Waals surface area (Å²) in [6, 6.07) is 7.04. The van der Waals surface area contributed by atoms with E-state index in [0.717, 1.165) is 12.5 Å². The number of aryl methyl sites for hydroxylation is 1. The molecule has 0 fully saturated rings. The second-order valence-corrected chi connectivity index (χ2v) is 4.05. The van der Waals surface area contributed by atoms with Gasteiger partial charge in [0.05, 0.1) is 6.42 Å². The molecule has 0 aromatic heterocycles. The third-order valence-electron chi connectivity index (χ3n) is 2.29. The summed E-state index contributed by atoms with van der Waals surface area (Å²) in [6.45, 7) is 3.00. The molecule has 0 aliphatic rings. The SMILES string of the molecule is CC(=O)OC(CC(=O)Nc1ccc(C)cc1)C(=O)O. The maximum atomic E-state index is 11.6. The van der Waals surface area contributed by atoms with E-state index in [4.69, 9.17) is 5.11 Å². The van der Waals surface area contributed by atoms with Crippen LogP contribution in [0, 0.1) is 6.92 Å². The van der Waals surface area contributed by atoms with Crippen LogP contribution in [-0.2, 0) is 19.1 Å². The van der Waals surface area contributed by atoms with Gasteiger partial charge in [0, 0.05) is 12.6 Å². The molecule has 19 heavy (non-hydrogen) atoms. The lowest BCUT2D eigenvalue weighted by Gasteiger charge is -2.12. The molecule has 6 heteroatoms. The summed E-state index contributed by atoms with van der Waals surface area (Å²) < 4.78 is 4.54.